The lowest BCUT2D eigenvalue weighted by Crippen LogP contribution is -2.43. The number of nitrogens with zero attached hydrogens (tertiary/aromatic N) is 2. The van der Waals surface area contributed by atoms with Crippen LogP contribution in [0.2, 0.25) is 0 Å². The highest BCUT2D eigenvalue weighted by Crippen LogP contribution is 2.27. The van der Waals surface area contributed by atoms with Crippen LogP contribution in [0.5, 0.6) is 0 Å². The molecule has 23 heavy (non-hydrogen) atoms. The monoisotopic (exact) mass is 320 g/mol. The van der Waals surface area contributed by atoms with Gasteiger partial charge in [0.2, 0.25) is 0 Å². The molecule has 0 bridgehead atoms. The number of hydrogen-bond acceptors (Lipinski definition) is 2. The van der Waals surface area contributed by atoms with Gasteiger partial charge in [-0.15, -0.1) is 0 Å². The molecule has 0 atom stereocenters. The van der Waals surface area contributed by atoms with Crippen molar-refractivity contribution in [1.82, 2.24) is 9.80 Å². The van der Waals surface area contributed by atoms with Crippen molar-refractivity contribution in [3.05, 3.63) is 35.4 Å². The molecular formula is C20H36N2O. The molecule has 0 unspecified atom stereocenters. The Morgan fingerprint density at radius 3 is 1.96 bits per heavy atom. The van der Waals surface area contributed by atoms with Crippen LogP contribution in [0.1, 0.15) is 70.3 Å². The zero-order valence-electron chi connectivity index (χ0n) is 16.2. The third-order valence-electron chi connectivity index (χ3n) is 3.98. The number of piperidine rings is 1. The molecule has 1 aromatic carbocycles. The van der Waals surface area contributed by atoms with E-state index in [1.165, 1.54) is 5.56 Å². The molecule has 0 radical (unpaired) electrons. The minimum atomic E-state index is 0.232. The van der Waals surface area contributed by atoms with Crippen molar-refractivity contribution in [2.75, 3.05) is 20.1 Å². The summed E-state index contributed by atoms with van der Waals surface area (Å²) in [7, 11) is 2.15. The van der Waals surface area contributed by atoms with E-state index < -0.39 is 0 Å². The lowest BCUT2D eigenvalue weighted by molar-refractivity contribution is 0.0617. The Bertz CT molecular complexity index is 437. The Morgan fingerprint density at radius 1 is 0.913 bits per heavy atom. The summed E-state index contributed by atoms with van der Waals surface area (Å²) in [6, 6.07) is 8.43. The van der Waals surface area contributed by atoms with E-state index in [2.05, 4.69) is 22.9 Å². The summed E-state index contributed by atoms with van der Waals surface area (Å²) in [6.45, 7) is 15.0. The van der Waals surface area contributed by atoms with E-state index in [-0.39, 0.29) is 5.91 Å². The molecule has 2 aliphatic rings. The van der Waals surface area contributed by atoms with Crippen molar-refractivity contribution in [2.45, 2.75) is 67.0 Å². The van der Waals surface area contributed by atoms with Gasteiger partial charge in [0.25, 0.3) is 5.91 Å². The fourth-order valence-electron chi connectivity index (χ4n) is 2.88. The predicted molar refractivity (Wildman–Crippen MR) is 101 cm³/mol. The minimum Gasteiger partial charge on any atom is -0.331 e. The fraction of sp³-hybridized carbons (Fsp3) is 0.650. The molecule has 1 fully saturated rings. The van der Waals surface area contributed by atoms with Crippen molar-refractivity contribution in [3.63, 3.8) is 0 Å². The second kappa shape index (κ2) is 12.1. The maximum Gasteiger partial charge on any atom is 0.254 e. The zero-order valence-corrected chi connectivity index (χ0v) is 16.2. The number of likely N-dealkylation sites (tertiary alicyclic amines) is 1. The molecule has 0 spiro atoms. The first kappa shape index (κ1) is 21.6. The molecule has 0 aromatic heterocycles. The van der Waals surface area contributed by atoms with Crippen molar-refractivity contribution >= 4 is 5.91 Å². The normalized spacial score (nSPS) is 17.0. The largest absolute Gasteiger partial charge is 0.331 e. The third-order valence-corrected chi connectivity index (χ3v) is 3.98. The maximum absolute atomic E-state index is 12.3. The van der Waals surface area contributed by atoms with Crippen LogP contribution in [0.3, 0.4) is 0 Å². The second-order valence-corrected chi connectivity index (χ2v) is 5.12. The molecule has 1 saturated heterocycles. The summed E-state index contributed by atoms with van der Waals surface area (Å²) >= 11 is 0. The van der Waals surface area contributed by atoms with E-state index >= 15 is 0 Å². The van der Waals surface area contributed by atoms with E-state index in [1.54, 1.807) is 0 Å². The highest BCUT2D eigenvalue weighted by atomic mass is 16.2. The molecule has 0 saturated carbocycles. The van der Waals surface area contributed by atoms with Gasteiger partial charge in [0.1, 0.15) is 0 Å². The minimum absolute atomic E-state index is 0.232. The van der Waals surface area contributed by atoms with Crippen LogP contribution in [0.15, 0.2) is 24.3 Å². The molecule has 3 rings (SSSR count). The highest BCUT2D eigenvalue weighted by Gasteiger charge is 2.33. The summed E-state index contributed by atoms with van der Waals surface area (Å²) in [4.78, 5) is 16.7. The van der Waals surface area contributed by atoms with Gasteiger partial charge in [-0.25, -0.2) is 0 Å². The average Bonchev–Trinajstić information content (AvgIpc) is 2.98. The Kier molecular flexibility index (Phi) is 11.4. The number of carbonyl (C=O) groups is 1. The number of benzene rings is 1. The molecule has 1 amide bonds. The van der Waals surface area contributed by atoms with E-state index in [4.69, 9.17) is 0 Å². The van der Waals surface area contributed by atoms with Crippen LogP contribution in [0.4, 0.5) is 0 Å². The number of carbonyl (C=O) groups excluding carboxylic acids is 1. The smallest absolute Gasteiger partial charge is 0.254 e. The summed E-state index contributed by atoms with van der Waals surface area (Å²) in [5.74, 6) is 0.232. The lowest BCUT2D eigenvalue weighted by Gasteiger charge is -2.34. The summed E-state index contributed by atoms with van der Waals surface area (Å²) in [5.41, 5.74) is 2.10. The van der Waals surface area contributed by atoms with E-state index in [9.17, 15) is 4.79 Å². The topological polar surface area (TPSA) is 23.6 Å². The number of amides is 1. The first-order valence-corrected chi connectivity index (χ1v) is 9.33. The van der Waals surface area contributed by atoms with Crippen molar-refractivity contribution < 1.29 is 4.79 Å². The van der Waals surface area contributed by atoms with Gasteiger partial charge in [-0.2, -0.15) is 0 Å². The third kappa shape index (κ3) is 5.65. The zero-order chi connectivity index (χ0) is 17.8. The van der Waals surface area contributed by atoms with Crippen LogP contribution < -0.4 is 0 Å². The average molecular weight is 321 g/mol. The summed E-state index contributed by atoms with van der Waals surface area (Å²) in [6.07, 6.45) is 2.21. The number of fused-ring (bicyclic) bond motifs is 1. The SMILES string of the molecule is CC.CC.CC.CN1CCC(N2Cc3ccccc3C2=O)CC1. The molecule has 2 aliphatic heterocycles. The molecule has 3 heteroatoms. The second-order valence-electron chi connectivity index (χ2n) is 5.12. The Labute approximate surface area is 143 Å². The van der Waals surface area contributed by atoms with Gasteiger partial charge >= 0.3 is 0 Å². The van der Waals surface area contributed by atoms with Crippen molar-refractivity contribution in [2.24, 2.45) is 0 Å². The Hall–Kier alpha value is -1.35. The molecule has 1 aromatic rings. The maximum atomic E-state index is 12.3. The van der Waals surface area contributed by atoms with Gasteiger partial charge in [0.15, 0.2) is 0 Å². The van der Waals surface area contributed by atoms with Crippen molar-refractivity contribution in [1.29, 1.82) is 0 Å². The van der Waals surface area contributed by atoms with Gasteiger partial charge in [-0.05, 0) is 44.6 Å². The van der Waals surface area contributed by atoms with Crippen LogP contribution >= 0.6 is 0 Å². The molecule has 2 heterocycles. The lowest BCUT2D eigenvalue weighted by atomic mass is 10.0. The van der Waals surface area contributed by atoms with Gasteiger partial charge in [0, 0.05) is 18.2 Å². The van der Waals surface area contributed by atoms with Crippen LogP contribution in [0, 0.1) is 0 Å². The van der Waals surface area contributed by atoms with Gasteiger partial charge in [0.05, 0.1) is 0 Å². The van der Waals surface area contributed by atoms with Crippen LogP contribution in [0.25, 0.3) is 0 Å². The number of hydrogen-bond donors (Lipinski definition) is 0. The van der Waals surface area contributed by atoms with Crippen LogP contribution in [-0.2, 0) is 6.54 Å². The van der Waals surface area contributed by atoms with Gasteiger partial charge in [-0.1, -0.05) is 59.7 Å². The summed E-state index contributed by atoms with van der Waals surface area (Å²) in [5, 5.41) is 0. The predicted octanol–water partition coefficient (Wildman–Crippen LogP) is 4.82. The van der Waals surface area contributed by atoms with E-state index in [1.807, 2.05) is 59.7 Å². The van der Waals surface area contributed by atoms with E-state index in [0.29, 0.717) is 6.04 Å². The summed E-state index contributed by atoms with van der Waals surface area (Å²) < 4.78 is 0. The van der Waals surface area contributed by atoms with Gasteiger partial charge in [-0.3, -0.25) is 4.79 Å². The first-order chi connectivity index (χ1) is 11.3. The van der Waals surface area contributed by atoms with E-state index in [0.717, 1.165) is 38.0 Å². The Balaban J connectivity index is 0.000000728. The quantitative estimate of drug-likeness (QED) is 0.741. The standard InChI is InChI=1S/C14H18N2O.3C2H6/c1-15-8-6-12(7-9-15)16-10-11-4-2-3-5-13(11)14(16)17;3*1-2/h2-5,12H,6-10H2,1H3;3*1-2H3. The first-order valence-electron chi connectivity index (χ1n) is 9.33. The van der Waals surface area contributed by atoms with Crippen LogP contribution in [-0.4, -0.2) is 41.9 Å². The van der Waals surface area contributed by atoms with Gasteiger partial charge < -0.3 is 9.80 Å². The molecule has 132 valence electrons. The molecule has 3 nitrogen and oxygen atoms in total. The molecular weight excluding hydrogens is 284 g/mol. The Morgan fingerprint density at radius 2 is 1.43 bits per heavy atom. The molecule has 0 N–H and O–H groups in total. The highest BCUT2D eigenvalue weighted by molar-refractivity contribution is 5.98. The fourth-order valence-corrected chi connectivity index (χ4v) is 2.88. The van der Waals surface area contributed by atoms with Crippen molar-refractivity contribution in [3.8, 4) is 0 Å². The molecule has 0 aliphatic carbocycles. The number of rotatable bonds is 1.